The summed E-state index contributed by atoms with van der Waals surface area (Å²) in [5.74, 6) is -0.127. The average molecular weight is 454 g/mol. The van der Waals surface area contributed by atoms with Crippen LogP contribution in [0.2, 0.25) is 0 Å². The van der Waals surface area contributed by atoms with Gasteiger partial charge in [-0.2, -0.15) is 0 Å². The van der Waals surface area contributed by atoms with Crippen LogP contribution in [-0.4, -0.2) is 55.7 Å². The SMILES string of the molecule is CCN(CC)c1ccc(/C=C2/C(=O)N(c3ccc(OC)cc3)C(=S)N2CC(=O)OC)cc1. The maximum atomic E-state index is 13.4. The minimum atomic E-state index is -0.487. The summed E-state index contributed by atoms with van der Waals surface area (Å²) in [7, 11) is 2.88. The first-order chi connectivity index (χ1) is 15.4. The van der Waals surface area contributed by atoms with Crippen LogP contribution in [0.3, 0.4) is 0 Å². The molecule has 0 spiro atoms. The normalized spacial score (nSPS) is 14.8. The zero-order valence-electron chi connectivity index (χ0n) is 18.7. The lowest BCUT2D eigenvalue weighted by atomic mass is 10.1. The number of amides is 1. The van der Waals surface area contributed by atoms with E-state index in [1.807, 2.05) is 24.3 Å². The highest BCUT2D eigenvalue weighted by atomic mass is 32.1. The first-order valence-corrected chi connectivity index (χ1v) is 10.8. The van der Waals surface area contributed by atoms with Crippen LogP contribution in [0.1, 0.15) is 19.4 Å². The van der Waals surface area contributed by atoms with Crippen molar-refractivity contribution in [3.63, 3.8) is 0 Å². The molecule has 0 atom stereocenters. The Hall–Kier alpha value is -3.39. The van der Waals surface area contributed by atoms with Crippen LogP contribution in [0.15, 0.2) is 54.2 Å². The summed E-state index contributed by atoms with van der Waals surface area (Å²) in [5, 5.41) is 0.219. The zero-order chi connectivity index (χ0) is 23.3. The van der Waals surface area contributed by atoms with E-state index in [1.165, 1.54) is 16.9 Å². The van der Waals surface area contributed by atoms with E-state index in [2.05, 4.69) is 18.7 Å². The molecule has 1 fully saturated rings. The molecule has 2 aromatic carbocycles. The van der Waals surface area contributed by atoms with Crippen molar-refractivity contribution >= 4 is 46.7 Å². The second-order valence-electron chi connectivity index (χ2n) is 7.08. The molecule has 3 rings (SSSR count). The van der Waals surface area contributed by atoms with E-state index in [-0.39, 0.29) is 17.6 Å². The molecule has 0 aromatic heterocycles. The Morgan fingerprint density at radius 3 is 2.19 bits per heavy atom. The van der Waals surface area contributed by atoms with Crippen LogP contribution in [0.25, 0.3) is 6.08 Å². The minimum absolute atomic E-state index is 0.156. The number of carbonyl (C=O) groups excluding carboxylic acids is 2. The first-order valence-electron chi connectivity index (χ1n) is 10.4. The predicted octanol–water partition coefficient (Wildman–Crippen LogP) is 3.69. The number of hydrogen-bond acceptors (Lipinski definition) is 6. The van der Waals surface area contributed by atoms with Crippen molar-refractivity contribution in [1.82, 2.24) is 4.90 Å². The van der Waals surface area contributed by atoms with E-state index in [4.69, 9.17) is 21.7 Å². The van der Waals surface area contributed by atoms with Crippen LogP contribution in [-0.2, 0) is 14.3 Å². The second kappa shape index (κ2) is 10.3. The van der Waals surface area contributed by atoms with Gasteiger partial charge in [-0.15, -0.1) is 0 Å². The molecule has 32 heavy (non-hydrogen) atoms. The fourth-order valence-corrected chi connectivity index (χ4v) is 3.86. The van der Waals surface area contributed by atoms with Crippen molar-refractivity contribution in [2.45, 2.75) is 13.8 Å². The molecule has 0 N–H and O–H groups in total. The Bertz CT molecular complexity index is 1010. The van der Waals surface area contributed by atoms with Gasteiger partial charge in [0.15, 0.2) is 5.11 Å². The highest BCUT2D eigenvalue weighted by molar-refractivity contribution is 7.80. The standard InChI is InChI=1S/C24H27N3O4S/c1-5-25(6-2)18-9-7-17(8-10-18)15-21-23(29)27(19-11-13-20(30-3)14-12-19)24(32)26(21)16-22(28)31-4/h7-15H,5-6,16H2,1-4H3/b21-15-. The van der Waals surface area contributed by atoms with Crippen molar-refractivity contribution in [1.29, 1.82) is 0 Å². The highest BCUT2D eigenvalue weighted by Crippen LogP contribution is 2.30. The molecule has 0 unspecified atom stereocenters. The quantitative estimate of drug-likeness (QED) is 0.343. The molecule has 0 radical (unpaired) electrons. The number of carbonyl (C=O) groups is 2. The number of esters is 1. The summed E-state index contributed by atoms with van der Waals surface area (Å²) in [6.45, 7) is 5.88. The van der Waals surface area contributed by atoms with Crippen LogP contribution in [0, 0.1) is 0 Å². The average Bonchev–Trinajstić information content (AvgIpc) is 3.04. The van der Waals surface area contributed by atoms with E-state index in [1.54, 1.807) is 37.5 Å². The molecule has 1 saturated heterocycles. The molecule has 0 saturated carbocycles. The number of methoxy groups -OCH3 is 2. The largest absolute Gasteiger partial charge is 0.497 e. The molecule has 8 heteroatoms. The maximum Gasteiger partial charge on any atom is 0.325 e. The first kappa shape index (κ1) is 23.3. The second-order valence-corrected chi connectivity index (χ2v) is 7.44. The van der Waals surface area contributed by atoms with Crippen LogP contribution in [0.4, 0.5) is 11.4 Å². The van der Waals surface area contributed by atoms with Gasteiger partial charge in [0.2, 0.25) is 0 Å². The molecule has 168 valence electrons. The molecule has 7 nitrogen and oxygen atoms in total. The number of rotatable bonds is 8. The van der Waals surface area contributed by atoms with Crippen LogP contribution >= 0.6 is 12.2 Å². The Labute approximate surface area is 193 Å². The van der Waals surface area contributed by atoms with Gasteiger partial charge < -0.3 is 19.3 Å². The summed E-state index contributed by atoms with van der Waals surface area (Å²) >= 11 is 5.57. The summed E-state index contributed by atoms with van der Waals surface area (Å²) in [5.41, 5.74) is 2.85. The van der Waals surface area contributed by atoms with E-state index >= 15 is 0 Å². The van der Waals surface area contributed by atoms with Crippen molar-refractivity contribution in [3.05, 3.63) is 59.8 Å². The number of hydrogen-bond donors (Lipinski definition) is 0. The monoisotopic (exact) mass is 453 g/mol. The third-order valence-corrected chi connectivity index (χ3v) is 5.71. The van der Waals surface area contributed by atoms with Gasteiger partial charge in [0.25, 0.3) is 5.91 Å². The third-order valence-electron chi connectivity index (χ3n) is 5.31. The van der Waals surface area contributed by atoms with Gasteiger partial charge in [0.1, 0.15) is 18.0 Å². The van der Waals surface area contributed by atoms with Gasteiger partial charge in [0.05, 0.1) is 19.9 Å². The molecule has 2 aromatic rings. The number of thiocarbonyl (C=S) groups is 1. The lowest BCUT2D eigenvalue weighted by Gasteiger charge is -2.21. The van der Waals surface area contributed by atoms with Gasteiger partial charge in [-0.05, 0) is 74.1 Å². The fourth-order valence-electron chi connectivity index (χ4n) is 3.51. The topological polar surface area (TPSA) is 62.3 Å². The van der Waals surface area contributed by atoms with E-state index in [0.717, 1.165) is 24.3 Å². The molecule has 0 bridgehead atoms. The number of nitrogens with zero attached hydrogens (tertiary/aromatic N) is 3. The predicted molar refractivity (Wildman–Crippen MR) is 130 cm³/mol. The van der Waals surface area contributed by atoms with Crippen LogP contribution in [0.5, 0.6) is 5.75 Å². The van der Waals surface area contributed by atoms with Gasteiger partial charge >= 0.3 is 5.97 Å². The number of ether oxygens (including phenoxy) is 2. The lowest BCUT2D eigenvalue weighted by molar-refractivity contribution is -0.140. The van der Waals surface area contributed by atoms with E-state index in [0.29, 0.717) is 17.1 Å². The molecule has 1 amide bonds. The zero-order valence-corrected chi connectivity index (χ0v) is 19.5. The van der Waals surface area contributed by atoms with Crippen molar-refractivity contribution in [2.75, 3.05) is 43.7 Å². The number of benzene rings is 2. The lowest BCUT2D eigenvalue weighted by Crippen LogP contribution is -2.35. The third kappa shape index (κ3) is 4.75. The highest BCUT2D eigenvalue weighted by Gasteiger charge is 2.40. The minimum Gasteiger partial charge on any atom is -0.497 e. The number of anilines is 2. The molecular weight excluding hydrogens is 426 g/mol. The fraction of sp³-hybridized carbons (Fsp3) is 0.292. The Morgan fingerprint density at radius 1 is 1.03 bits per heavy atom. The molecule has 1 aliphatic rings. The van der Waals surface area contributed by atoms with Crippen molar-refractivity contribution in [2.24, 2.45) is 0 Å². The van der Waals surface area contributed by atoms with Gasteiger partial charge in [-0.25, -0.2) is 0 Å². The summed E-state index contributed by atoms with van der Waals surface area (Å²) in [6, 6.07) is 14.9. The molecule has 0 aliphatic carbocycles. The van der Waals surface area contributed by atoms with Gasteiger partial charge in [-0.3, -0.25) is 14.5 Å². The summed E-state index contributed by atoms with van der Waals surface area (Å²) in [4.78, 5) is 30.5. The van der Waals surface area contributed by atoms with E-state index in [9.17, 15) is 9.59 Å². The van der Waals surface area contributed by atoms with Crippen molar-refractivity contribution < 1.29 is 19.1 Å². The van der Waals surface area contributed by atoms with Crippen LogP contribution < -0.4 is 14.5 Å². The molecule has 1 heterocycles. The van der Waals surface area contributed by atoms with Crippen molar-refractivity contribution in [3.8, 4) is 5.75 Å². The Morgan fingerprint density at radius 2 is 1.66 bits per heavy atom. The Kier molecular flexibility index (Phi) is 7.48. The summed E-state index contributed by atoms with van der Waals surface area (Å²) in [6.07, 6.45) is 1.74. The van der Waals surface area contributed by atoms with E-state index < -0.39 is 5.97 Å². The molecule has 1 aliphatic heterocycles. The Balaban J connectivity index is 1.97. The maximum absolute atomic E-state index is 13.4. The van der Waals surface area contributed by atoms with Gasteiger partial charge in [-0.1, -0.05) is 12.1 Å². The van der Waals surface area contributed by atoms with Gasteiger partial charge in [0, 0.05) is 18.8 Å². The summed E-state index contributed by atoms with van der Waals surface area (Å²) < 4.78 is 10.0. The smallest absolute Gasteiger partial charge is 0.325 e. The molecular formula is C24H27N3O4S.